The quantitative estimate of drug-likeness (QED) is 0.228. The third-order valence-electron chi connectivity index (χ3n) is 2.92. The van der Waals surface area contributed by atoms with Gasteiger partial charge in [-0.3, -0.25) is 9.59 Å². The van der Waals surface area contributed by atoms with E-state index in [4.69, 9.17) is 28.4 Å². The van der Waals surface area contributed by atoms with Crippen LogP contribution in [0.25, 0.3) is 0 Å². The lowest BCUT2D eigenvalue weighted by Crippen LogP contribution is -2.26. The third-order valence-corrected chi connectivity index (χ3v) is 2.92. The first-order valence-electron chi connectivity index (χ1n) is 9.95. The Bertz CT molecular complexity index is 403. The highest BCUT2D eigenvalue weighted by molar-refractivity contribution is 5.70. The number of hydrogen-bond acceptors (Lipinski definition) is 9. The second-order valence-corrected chi connectivity index (χ2v) is 8.29. The molecule has 0 fully saturated rings. The van der Waals surface area contributed by atoms with E-state index >= 15 is 0 Å². The van der Waals surface area contributed by atoms with Gasteiger partial charge in [0.1, 0.15) is 24.8 Å². The molecule has 0 aromatic rings. The van der Waals surface area contributed by atoms with Crippen LogP contribution in [0.2, 0.25) is 0 Å². The van der Waals surface area contributed by atoms with Crippen molar-refractivity contribution in [3.63, 3.8) is 0 Å². The van der Waals surface area contributed by atoms with E-state index in [0.717, 1.165) is 0 Å². The minimum atomic E-state index is -0.484. The summed E-state index contributed by atoms with van der Waals surface area (Å²) in [6.45, 7) is 14.0. The normalized spacial score (nSPS) is 12.1. The minimum absolute atomic E-state index is 0.0573. The smallest absolute Gasteiger partial charge is 0.308 e. The van der Waals surface area contributed by atoms with Crippen LogP contribution >= 0.6 is 0 Å². The highest BCUT2D eigenvalue weighted by atomic mass is 16.7. The van der Waals surface area contributed by atoms with Crippen LogP contribution in [0.15, 0.2) is 0 Å². The molecule has 0 aliphatic heterocycles. The average Bonchev–Trinajstić information content (AvgIpc) is 2.55. The molecule has 0 unspecified atom stereocenters. The molecule has 0 aliphatic rings. The van der Waals surface area contributed by atoms with Crippen LogP contribution in [-0.4, -0.2) is 76.2 Å². The number of carbonyl (C=O) groups excluding carboxylic acids is 2. The zero-order chi connectivity index (χ0) is 22.2. The minimum Gasteiger partial charge on any atom is -0.460 e. The molecule has 0 amide bonds. The second-order valence-electron chi connectivity index (χ2n) is 8.29. The molecule has 0 aliphatic carbocycles. The monoisotopic (exact) mass is 421 g/mol. The molecule has 0 radical (unpaired) electrons. The molecule has 0 heterocycles. The lowest BCUT2D eigenvalue weighted by atomic mass is 10.2. The Kier molecular flexibility index (Phi) is 14.9. The molecule has 0 saturated heterocycles. The Balaban J connectivity index is 3.26. The molecule has 29 heavy (non-hydrogen) atoms. The molecule has 172 valence electrons. The first-order valence-corrected chi connectivity index (χ1v) is 9.95. The number of ether oxygens (including phenoxy) is 6. The van der Waals surface area contributed by atoms with Crippen molar-refractivity contribution in [3.05, 3.63) is 0 Å². The van der Waals surface area contributed by atoms with E-state index in [1.165, 1.54) is 0 Å². The van der Waals surface area contributed by atoms with Gasteiger partial charge >= 0.3 is 11.9 Å². The number of nitrogens with one attached hydrogen (secondary N) is 1. The van der Waals surface area contributed by atoms with Gasteiger partial charge < -0.3 is 33.7 Å². The Labute approximate surface area is 174 Å². The van der Waals surface area contributed by atoms with E-state index in [2.05, 4.69) is 5.32 Å². The van der Waals surface area contributed by atoms with Gasteiger partial charge in [-0.2, -0.15) is 0 Å². The van der Waals surface area contributed by atoms with Gasteiger partial charge in [0.2, 0.25) is 0 Å². The number of carbonyl (C=O) groups is 2. The molecule has 0 rings (SSSR count). The Morgan fingerprint density at radius 3 is 1.52 bits per heavy atom. The summed E-state index contributed by atoms with van der Waals surface area (Å²) in [7, 11) is 0. The second kappa shape index (κ2) is 15.6. The summed E-state index contributed by atoms with van der Waals surface area (Å²) in [6, 6.07) is 0. The zero-order valence-electron chi connectivity index (χ0n) is 18.8. The van der Waals surface area contributed by atoms with Crippen molar-refractivity contribution in [3.8, 4) is 0 Å². The average molecular weight is 422 g/mol. The number of rotatable bonds is 16. The van der Waals surface area contributed by atoms with Gasteiger partial charge in [-0.1, -0.05) is 0 Å². The van der Waals surface area contributed by atoms with Crippen LogP contribution in [0.1, 0.15) is 54.4 Å². The summed E-state index contributed by atoms with van der Waals surface area (Å²) < 4.78 is 31.3. The summed E-state index contributed by atoms with van der Waals surface area (Å²) in [5.74, 6) is -0.554. The van der Waals surface area contributed by atoms with Gasteiger partial charge in [-0.15, -0.1) is 0 Å². The maximum Gasteiger partial charge on any atom is 0.308 e. The van der Waals surface area contributed by atoms with Crippen molar-refractivity contribution in [2.75, 3.05) is 53.1 Å². The van der Waals surface area contributed by atoms with Gasteiger partial charge in [-0.05, 0) is 41.5 Å². The molecule has 9 nitrogen and oxygen atoms in total. The van der Waals surface area contributed by atoms with Crippen LogP contribution in [0.3, 0.4) is 0 Å². The molecule has 0 aromatic heterocycles. The van der Waals surface area contributed by atoms with Crippen LogP contribution in [0.4, 0.5) is 0 Å². The molecule has 9 heteroatoms. The Morgan fingerprint density at radius 2 is 1.03 bits per heavy atom. The van der Waals surface area contributed by atoms with Gasteiger partial charge in [0.25, 0.3) is 0 Å². The Hall–Kier alpha value is -1.26. The lowest BCUT2D eigenvalue weighted by Gasteiger charge is -2.19. The Morgan fingerprint density at radius 1 is 0.621 bits per heavy atom. The molecular weight excluding hydrogens is 382 g/mol. The largest absolute Gasteiger partial charge is 0.460 e. The van der Waals surface area contributed by atoms with E-state index in [9.17, 15) is 9.59 Å². The van der Waals surface area contributed by atoms with Crippen molar-refractivity contribution < 1.29 is 38.0 Å². The highest BCUT2D eigenvalue weighted by Gasteiger charge is 2.16. The summed E-state index contributed by atoms with van der Waals surface area (Å²) in [5, 5.41) is 3.15. The van der Waals surface area contributed by atoms with Crippen molar-refractivity contribution >= 4 is 11.9 Å². The van der Waals surface area contributed by atoms with Gasteiger partial charge in [0.15, 0.2) is 0 Å². The van der Waals surface area contributed by atoms with E-state index in [0.29, 0.717) is 32.9 Å². The van der Waals surface area contributed by atoms with Gasteiger partial charge in [0.05, 0.1) is 39.3 Å². The topological polar surface area (TPSA) is 102 Å². The van der Waals surface area contributed by atoms with Gasteiger partial charge in [0, 0.05) is 13.1 Å². The van der Waals surface area contributed by atoms with E-state index in [1.54, 1.807) is 0 Å². The van der Waals surface area contributed by atoms with Gasteiger partial charge in [-0.25, -0.2) is 0 Å². The van der Waals surface area contributed by atoms with Crippen molar-refractivity contribution in [1.29, 1.82) is 0 Å². The van der Waals surface area contributed by atoms with Crippen LogP contribution in [0.5, 0.6) is 0 Å². The molecule has 0 atom stereocenters. The standard InChI is InChI=1S/C20H39NO8/c1-19(2,3)28-17(22)7-11-24-13-9-21-10-14-26-16-27-15-25-12-8-18(23)29-20(4,5)6/h21H,7-16H2,1-6H3. The lowest BCUT2D eigenvalue weighted by molar-refractivity contribution is -0.160. The molecule has 0 saturated carbocycles. The van der Waals surface area contributed by atoms with Crippen LogP contribution < -0.4 is 5.32 Å². The first kappa shape index (κ1) is 27.7. The summed E-state index contributed by atoms with van der Waals surface area (Å²) >= 11 is 0. The highest BCUT2D eigenvalue weighted by Crippen LogP contribution is 2.08. The maximum atomic E-state index is 11.5. The molecule has 0 aromatic carbocycles. The number of esters is 2. The summed E-state index contributed by atoms with van der Waals surface area (Å²) in [4.78, 5) is 22.9. The number of hydrogen-bond donors (Lipinski definition) is 1. The maximum absolute atomic E-state index is 11.5. The van der Waals surface area contributed by atoms with Crippen molar-refractivity contribution in [2.45, 2.75) is 65.6 Å². The fourth-order valence-electron chi connectivity index (χ4n) is 1.88. The predicted octanol–water partition coefficient (Wildman–Crippen LogP) is 2.02. The zero-order valence-corrected chi connectivity index (χ0v) is 18.8. The van der Waals surface area contributed by atoms with E-state index in [-0.39, 0.29) is 45.0 Å². The van der Waals surface area contributed by atoms with Crippen molar-refractivity contribution in [1.82, 2.24) is 5.32 Å². The van der Waals surface area contributed by atoms with E-state index < -0.39 is 11.2 Å². The fraction of sp³-hybridized carbons (Fsp3) is 0.900. The summed E-state index contributed by atoms with van der Waals surface area (Å²) in [5.41, 5.74) is -0.948. The summed E-state index contributed by atoms with van der Waals surface area (Å²) in [6.07, 6.45) is 0.433. The predicted molar refractivity (Wildman–Crippen MR) is 107 cm³/mol. The molecule has 0 bridgehead atoms. The van der Waals surface area contributed by atoms with Crippen LogP contribution in [-0.2, 0) is 38.0 Å². The van der Waals surface area contributed by atoms with Crippen LogP contribution in [0, 0.1) is 0 Å². The van der Waals surface area contributed by atoms with Crippen molar-refractivity contribution in [2.24, 2.45) is 0 Å². The van der Waals surface area contributed by atoms with E-state index in [1.807, 2.05) is 41.5 Å². The molecular formula is C20H39NO8. The first-order chi connectivity index (χ1) is 13.5. The third kappa shape index (κ3) is 22.9. The SMILES string of the molecule is CC(C)(C)OC(=O)CCOCCNCCOCOCOCCC(=O)OC(C)(C)C. The molecule has 1 N–H and O–H groups in total. The fourth-order valence-corrected chi connectivity index (χ4v) is 1.88. The molecule has 0 spiro atoms.